The maximum absolute atomic E-state index is 11.7. The fraction of sp³-hybridized carbons (Fsp3) is 0.417. The van der Waals surface area contributed by atoms with Crippen LogP contribution in [0.4, 0.5) is 5.69 Å². The molecule has 0 saturated carbocycles. The second-order valence-corrected chi connectivity index (χ2v) is 3.67. The van der Waals surface area contributed by atoms with Crippen LogP contribution < -0.4 is 11.1 Å². The van der Waals surface area contributed by atoms with Crippen LogP contribution in [-0.4, -0.2) is 18.9 Å². The highest BCUT2D eigenvalue weighted by Crippen LogP contribution is 2.12. The fourth-order valence-corrected chi connectivity index (χ4v) is 1.29. The van der Waals surface area contributed by atoms with Gasteiger partial charge in [0, 0.05) is 11.3 Å². The molecule has 1 rings (SSSR count). The van der Waals surface area contributed by atoms with Crippen LogP contribution in [0.3, 0.4) is 0 Å². The zero-order chi connectivity index (χ0) is 11.3. The molecular formula is C12H18N2O. The van der Waals surface area contributed by atoms with Crippen LogP contribution in [-0.2, 0) is 0 Å². The van der Waals surface area contributed by atoms with Gasteiger partial charge in [-0.1, -0.05) is 19.1 Å². The second-order valence-electron chi connectivity index (χ2n) is 3.67. The molecule has 0 bridgehead atoms. The molecule has 0 aliphatic rings. The minimum atomic E-state index is 0.0927. The molecule has 3 heteroatoms. The first-order valence-corrected chi connectivity index (χ1v) is 5.25. The highest BCUT2D eigenvalue weighted by atomic mass is 16.1. The minimum Gasteiger partial charge on any atom is -0.398 e. The van der Waals surface area contributed by atoms with Crippen molar-refractivity contribution in [3.8, 4) is 0 Å². The number of Topliss-reactive ketones (excluding diaryl/α,β-unsaturated/α-hetero) is 1. The van der Waals surface area contributed by atoms with Gasteiger partial charge in [-0.15, -0.1) is 0 Å². The number of ketones is 1. The number of rotatable bonds is 5. The quantitative estimate of drug-likeness (QED) is 0.438. The molecule has 0 unspecified atom stereocenters. The number of hydrogen-bond donors (Lipinski definition) is 2. The predicted octanol–water partition coefficient (Wildman–Crippen LogP) is 1.76. The van der Waals surface area contributed by atoms with Crippen LogP contribution in [0.1, 0.15) is 29.3 Å². The Hall–Kier alpha value is -1.35. The van der Waals surface area contributed by atoms with Crippen molar-refractivity contribution in [2.24, 2.45) is 0 Å². The van der Waals surface area contributed by atoms with Crippen molar-refractivity contribution < 1.29 is 4.79 Å². The smallest absolute Gasteiger partial charge is 0.176 e. The van der Waals surface area contributed by atoms with E-state index in [0.717, 1.165) is 18.5 Å². The van der Waals surface area contributed by atoms with Gasteiger partial charge >= 0.3 is 0 Å². The summed E-state index contributed by atoms with van der Waals surface area (Å²) in [5.41, 5.74) is 8.11. The SMILES string of the molecule is CCCNCC(=O)c1ccc(C)c(N)c1. The summed E-state index contributed by atoms with van der Waals surface area (Å²) in [7, 11) is 0. The molecule has 0 fully saturated rings. The first-order valence-electron chi connectivity index (χ1n) is 5.25. The van der Waals surface area contributed by atoms with E-state index in [1.165, 1.54) is 0 Å². The minimum absolute atomic E-state index is 0.0927. The maximum Gasteiger partial charge on any atom is 0.176 e. The molecule has 3 nitrogen and oxygen atoms in total. The number of aryl methyl sites for hydroxylation is 1. The molecule has 15 heavy (non-hydrogen) atoms. The van der Waals surface area contributed by atoms with Crippen LogP contribution >= 0.6 is 0 Å². The molecule has 0 amide bonds. The van der Waals surface area contributed by atoms with Crippen LogP contribution in [0.5, 0.6) is 0 Å². The summed E-state index contributed by atoms with van der Waals surface area (Å²) < 4.78 is 0. The Morgan fingerprint density at radius 1 is 1.47 bits per heavy atom. The summed E-state index contributed by atoms with van der Waals surface area (Å²) in [6.45, 7) is 5.25. The van der Waals surface area contributed by atoms with Crippen molar-refractivity contribution in [2.75, 3.05) is 18.8 Å². The third-order valence-electron chi connectivity index (χ3n) is 2.31. The average molecular weight is 206 g/mol. The Morgan fingerprint density at radius 3 is 2.80 bits per heavy atom. The van der Waals surface area contributed by atoms with E-state index < -0.39 is 0 Å². The summed E-state index contributed by atoms with van der Waals surface area (Å²) in [4.78, 5) is 11.7. The van der Waals surface area contributed by atoms with E-state index in [-0.39, 0.29) is 5.78 Å². The van der Waals surface area contributed by atoms with Gasteiger partial charge in [-0.3, -0.25) is 4.79 Å². The Morgan fingerprint density at radius 2 is 2.20 bits per heavy atom. The largest absolute Gasteiger partial charge is 0.398 e. The van der Waals surface area contributed by atoms with Gasteiger partial charge in [-0.2, -0.15) is 0 Å². The molecule has 0 atom stereocenters. The number of carbonyl (C=O) groups excluding carboxylic acids is 1. The molecule has 1 aromatic carbocycles. The second kappa shape index (κ2) is 5.51. The van der Waals surface area contributed by atoms with E-state index in [1.807, 2.05) is 19.1 Å². The van der Waals surface area contributed by atoms with E-state index >= 15 is 0 Å². The van der Waals surface area contributed by atoms with Gasteiger partial charge in [0.05, 0.1) is 6.54 Å². The topological polar surface area (TPSA) is 55.1 Å². The van der Waals surface area contributed by atoms with E-state index in [1.54, 1.807) is 6.07 Å². The molecule has 0 saturated heterocycles. The van der Waals surface area contributed by atoms with Gasteiger partial charge in [0.15, 0.2) is 5.78 Å². The molecule has 1 aromatic rings. The third kappa shape index (κ3) is 3.36. The van der Waals surface area contributed by atoms with Crippen LogP contribution in [0.25, 0.3) is 0 Å². The summed E-state index contributed by atoms with van der Waals surface area (Å²) in [5, 5.41) is 3.08. The van der Waals surface area contributed by atoms with E-state index in [0.29, 0.717) is 17.8 Å². The first-order chi connectivity index (χ1) is 7.15. The molecule has 0 aliphatic carbocycles. The molecule has 0 spiro atoms. The lowest BCUT2D eigenvalue weighted by molar-refractivity contribution is 0.0991. The fourth-order valence-electron chi connectivity index (χ4n) is 1.29. The standard InChI is InChI=1S/C12H18N2O/c1-3-6-14-8-12(15)10-5-4-9(2)11(13)7-10/h4-5,7,14H,3,6,8,13H2,1-2H3. The molecule has 0 heterocycles. The lowest BCUT2D eigenvalue weighted by Gasteiger charge is -2.05. The summed E-state index contributed by atoms with van der Waals surface area (Å²) in [5.74, 6) is 0.0927. The number of nitrogens with two attached hydrogens (primary N) is 1. The highest BCUT2D eigenvalue weighted by Gasteiger charge is 2.05. The number of nitrogen functional groups attached to an aromatic ring is 1. The summed E-state index contributed by atoms with van der Waals surface area (Å²) in [6.07, 6.45) is 1.03. The van der Waals surface area contributed by atoms with Crippen molar-refractivity contribution in [2.45, 2.75) is 20.3 Å². The number of nitrogens with one attached hydrogen (secondary N) is 1. The highest BCUT2D eigenvalue weighted by molar-refractivity contribution is 5.98. The normalized spacial score (nSPS) is 10.3. The Kier molecular flexibility index (Phi) is 4.31. The van der Waals surface area contributed by atoms with Gasteiger partial charge < -0.3 is 11.1 Å². The molecule has 0 radical (unpaired) electrons. The summed E-state index contributed by atoms with van der Waals surface area (Å²) >= 11 is 0. The molecular weight excluding hydrogens is 188 g/mol. The maximum atomic E-state index is 11.7. The monoisotopic (exact) mass is 206 g/mol. The van der Waals surface area contributed by atoms with Crippen LogP contribution in [0, 0.1) is 6.92 Å². The number of anilines is 1. The van der Waals surface area contributed by atoms with Gasteiger partial charge in [-0.05, 0) is 31.5 Å². The predicted molar refractivity (Wildman–Crippen MR) is 63.1 cm³/mol. The number of carbonyl (C=O) groups is 1. The van der Waals surface area contributed by atoms with Crippen molar-refractivity contribution >= 4 is 11.5 Å². The molecule has 82 valence electrons. The van der Waals surface area contributed by atoms with Crippen molar-refractivity contribution in [1.29, 1.82) is 0 Å². The van der Waals surface area contributed by atoms with Gasteiger partial charge in [0.2, 0.25) is 0 Å². The average Bonchev–Trinajstić information content (AvgIpc) is 2.22. The molecule has 0 aromatic heterocycles. The lowest BCUT2D eigenvalue weighted by atomic mass is 10.1. The van der Waals surface area contributed by atoms with Gasteiger partial charge in [-0.25, -0.2) is 0 Å². The third-order valence-corrected chi connectivity index (χ3v) is 2.31. The van der Waals surface area contributed by atoms with Crippen LogP contribution in [0.2, 0.25) is 0 Å². The molecule has 3 N–H and O–H groups in total. The lowest BCUT2D eigenvalue weighted by Crippen LogP contribution is -2.23. The first kappa shape index (κ1) is 11.7. The summed E-state index contributed by atoms with van der Waals surface area (Å²) in [6, 6.07) is 5.44. The van der Waals surface area contributed by atoms with Crippen molar-refractivity contribution in [1.82, 2.24) is 5.32 Å². The number of benzene rings is 1. The Labute approximate surface area is 90.7 Å². The van der Waals surface area contributed by atoms with Crippen LogP contribution in [0.15, 0.2) is 18.2 Å². The van der Waals surface area contributed by atoms with Crippen molar-refractivity contribution in [3.63, 3.8) is 0 Å². The van der Waals surface area contributed by atoms with Gasteiger partial charge in [0.25, 0.3) is 0 Å². The Bertz CT molecular complexity index is 347. The van der Waals surface area contributed by atoms with E-state index in [9.17, 15) is 4.79 Å². The number of hydrogen-bond acceptors (Lipinski definition) is 3. The van der Waals surface area contributed by atoms with Gasteiger partial charge in [0.1, 0.15) is 0 Å². The van der Waals surface area contributed by atoms with E-state index in [2.05, 4.69) is 12.2 Å². The Balaban J connectivity index is 2.62. The molecule has 0 aliphatic heterocycles. The zero-order valence-electron chi connectivity index (χ0n) is 9.34. The van der Waals surface area contributed by atoms with E-state index in [4.69, 9.17) is 5.73 Å². The van der Waals surface area contributed by atoms with Crippen molar-refractivity contribution in [3.05, 3.63) is 29.3 Å². The zero-order valence-corrected chi connectivity index (χ0v) is 9.34.